The molecule has 2 aromatic rings. The SMILES string of the molecule is NC(=O)C#CC(=O)OCc1cc(=O)oc2cc(O)c(Br)cc12. The molecule has 0 fully saturated rings. The first-order chi connectivity index (χ1) is 10.4. The summed E-state index contributed by atoms with van der Waals surface area (Å²) in [4.78, 5) is 33.2. The fraction of sp³-hybridized carbons (Fsp3) is 0.0714. The summed E-state index contributed by atoms with van der Waals surface area (Å²) in [5.41, 5.74) is 4.61. The van der Waals surface area contributed by atoms with Crippen LogP contribution in [0.15, 0.2) is 31.9 Å². The van der Waals surface area contributed by atoms with Crippen molar-refractivity contribution in [3.63, 3.8) is 0 Å². The minimum atomic E-state index is -0.960. The van der Waals surface area contributed by atoms with Crippen LogP contribution in [0, 0.1) is 11.8 Å². The summed E-state index contributed by atoms with van der Waals surface area (Å²) in [7, 11) is 0. The van der Waals surface area contributed by atoms with Gasteiger partial charge in [-0.25, -0.2) is 9.59 Å². The Morgan fingerprint density at radius 2 is 2.05 bits per heavy atom. The Hall–Kier alpha value is -2.79. The number of benzene rings is 1. The van der Waals surface area contributed by atoms with Crippen molar-refractivity contribution in [3.05, 3.63) is 38.7 Å². The van der Waals surface area contributed by atoms with Crippen molar-refractivity contribution in [2.75, 3.05) is 0 Å². The van der Waals surface area contributed by atoms with Crippen molar-refractivity contribution in [2.24, 2.45) is 5.73 Å². The van der Waals surface area contributed by atoms with Crippen LogP contribution < -0.4 is 11.4 Å². The number of esters is 1. The van der Waals surface area contributed by atoms with Crippen LogP contribution in [-0.4, -0.2) is 17.0 Å². The molecule has 0 unspecified atom stereocenters. The summed E-state index contributed by atoms with van der Waals surface area (Å²) in [6.45, 7) is -0.258. The Bertz CT molecular complexity index is 890. The number of amides is 1. The number of phenolic OH excluding ortho intramolecular Hbond substituents is 1. The van der Waals surface area contributed by atoms with Gasteiger partial charge in [0.2, 0.25) is 0 Å². The molecular formula is C14H8BrNO6. The molecule has 0 bridgehead atoms. The maximum absolute atomic E-state index is 11.5. The zero-order valence-corrected chi connectivity index (χ0v) is 12.5. The monoisotopic (exact) mass is 365 g/mol. The molecule has 0 saturated heterocycles. The summed E-state index contributed by atoms with van der Waals surface area (Å²) >= 11 is 3.14. The molecule has 0 atom stereocenters. The van der Waals surface area contributed by atoms with Crippen LogP contribution in [-0.2, 0) is 20.9 Å². The molecule has 22 heavy (non-hydrogen) atoms. The second kappa shape index (κ2) is 6.32. The maximum Gasteiger partial charge on any atom is 0.385 e. The molecule has 7 nitrogen and oxygen atoms in total. The second-order valence-electron chi connectivity index (χ2n) is 4.08. The lowest BCUT2D eigenvalue weighted by atomic mass is 10.1. The van der Waals surface area contributed by atoms with Gasteiger partial charge in [0.25, 0.3) is 5.91 Å². The van der Waals surface area contributed by atoms with Gasteiger partial charge in [0.15, 0.2) is 0 Å². The highest BCUT2D eigenvalue weighted by Gasteiger charge is 2.11. The minimum absolute atomic E-state index is 0.0999. The average Bonchev–Trinajstić information content (AvgIpc) is 2.44. The van der Waals surface area contributed by atoms with Gasteiger partial charge in [0, 0.05) is 34.9 Å². The summed E-state index contributed by atoms with van der Waals surface area (Å²) in [5, 5.41) is 10.1. The Balaban J connectivity index is 2.34. The van der Waals surface area contributed by atoms with E-state index in [0.29, 0.717) is 15.4 Å². The Kier molecular flexibility index (Phi) is 4.48. The number of nitrogens with two attached hydrogens (primary N) is 1. The molecule has 0 aliphatic rings. The first kappa shape index (κ1) is 15.6. The van der Waals surface area contributed by atoms with E-state index in [9.17, 15) is 19.5 Å². The first-order valence-electron chi connectivity index (χ1n) is 5.80. The second-order valence-corrected chi connectivity index (χ2v) is 4.94. The van der Waals surface area contributed by atoms with Crippen molar-refractivity contribution in [3.8, 4) is 17.6 Å². The normalized spacial score (nSPS) is 9.86. The zero-order chi connectivity index (χ0) is 16.3. The van der Waals surface area contributed by atoms with Crippen LogP contribution in [0.3, 0.4) is 0 Å². The van der Waals surface area contributed by atoms with Gasteiger partial charge in [0.1, 0.15) is 17.9 Å². The van der Waals surface area contributed by atoms with Gasteiger partial charge in [-0.15, -0.1) is 0 Å². The number of hydrogen-bond acceptors (Lipinski definition) is 6. The molecule has 0 spiro atoms. The van der Waals surface area contributed by atoms with E-state index in [-0.39, 0.29) is 17.9 Å². The van der Waals surface area contributed by atoms with E-state index in [4.69, 9.17) is 14.9 Å². The van der Waals surface area contributed by atoms with Crippen LogP contribution in [0.4, 0.5) is 0 Å². The number of halogens is 1. The highest BCUT2D eigenvalue weighted by atomic mass is 79.9. The van der Waals surface area contributed by atoms with Gasteiger partial charge in [-0.3, -0.25) is 4.79 Å². The first-order valence-corrected chi connectivity index (χ1v) is 6.59. The summed E-state index contributed by atoms with van der Waals surface area (Å²) in [6, 6.07) is 3.94. The lowest BCUT2D eigenvalue weighted by Crippen LogP contribution is -2.09. The number of aromatic hydroxyl groups is 1. The molecule has 1 aromatic heterocycles. The molecule has 112 valence electrons. The van der Waals surface area contributed by atoms with E-state index in [1.54, 1.807) is 0 Å². The zero-order valence-electron chi connectivity index (χ0n) is 10.9. The van der Waals surface area contributed by atoms with Crippen molar-refractivity contribution in [1.29, 1.82) is 0 Å². The number of rotatable bonds is 2. The molecule has 0 saturated carbocycles. The van der Waals surface area contributed by atoms with Gasteiger partial charge < -0.3 is 20.0 Å². The fourth-order valence-electron chi connectivity index (χ4n) is 1.65. The molecule has 8 heteroatoms. The topological polar surface area (TPSA) is 120 Å². The molecule has 0 aliphatic heterocycles. The number of primary amides is 1. The highest BCUT2D eigenvalue weighted by molar-refractivity contribution is 9.10. The van der Waals surface area contributed by atoms with Crippen LogP contribution in [0.5, 0.6) is 5.75 Å². The number of fused-ring (bicyclic) bond motifs is 1. The van der Waals surface area contributed by atoms with E-state index >= 15 is 0 Å². The van der Waals surface area contributed by atoms with Crippen LogP contribution >= 0.6 is 15.9 Å². The Labute approximate surface area is 131 Å². The van der Waals surface area contributed by atoms with E-state index < -0.39 is 17.5 Å². The smallest absolute Gasteiger partial charge is 0.385 e. The van der Waals surface area contributed by atoms with Crippen molar-refractivity contribution < 1.29 is 23.8 Å². The van der Waals surface area contributed by atoms with Gasteiger partial charge in [-0.05, 0) is 22.0 Å². The van der Waals surface area contributed by atoms with E-state index in [2.05, 4.69) is 15.9 Å². The molecular weight excluding hydrogens is 358 g/mol. The third-order valence-electron chi connectivity index (χ3n) is 2.54. The number of ether oxygens (including phenoxy) is 1. The van der Waals surface area contributed by atoms with Crippen LogP contribution in [0.1, 0.15) is 5.56 Å². The Morgan fingerprint density at radius 3 is 2.73 bits per heavy atom. The van der Waals surface area contributed by atoms with Gasteiger partial charge in [-0.1, -0.05) is 0 Å². The van der Waals surface area contributed by atoms with Crippen LogP contribution in [0.25, 0.3) is 11.0 Å². The Morgan fingerprint density at radius 1 is 1.32 bits per heavy atom. The van der Waals surface area contributed by atoms with Crippen molar-refractivity contribution in [2.45, 2.75) is 6.61 Å². The molecule has 1 amide bonds. The van der Waals surface area contributed by atoms with Crippen molar-refractivity contribution in [1.82, 2.24) is 0 Å². The van der Waals surface area contributed by atoms with Gasteiger partial charge >= 0.3 is 11.6 Å². The molecule has 2 rings (SSSR count). The summed E-state index contributed by atoms with van der Waals surface area (Å²) < 4.78 is 10.2. The number of phenols is 1. The van der Waals surface area contributed by atoms with Gasteiger partial charge in [-0.2, -0.15) is 0 Å². The number of hydrogen-bond donors (Lipinski definition) is 2. The molecule has 1 heterocycles. The van der Waals surface area contributed by atoms with Gasteiger partial charge in [0.05, 0.1) is 4.47 Å². The summed E-state index contributed by atoms with van der Waals surface area (Å²) in [5.74, 6) is 1.72. The minimum Gasteiger partial charge on any atom is -0.507 e. The lowest BCUT2D eigenvalue weighted by molar-refractivity contribution is -0.138. The predicted molar refractivity (Wildman–Crippen MR) is 78.6 cm³/mol. The highest BCUT2D eigenvalue weighted by Crippen LogP contribution is 2.30. The van der Waals surface area contributed by atoms with Crippen LogP contribution in [0.2, 0.25) is 0 Å². The number of carbonyl (C=O) groups is 2. The third kappa shape index (κ3) is 3.65. The van der Waals surface area contributed by atoms with E-state index in [1.165, 1.54) is 12.1 Å². The van der Waals surface area contributed by atoms with E-state index in [1.807, 2.05) is 11.8 Å². The third-order valence-corrected chi connectivity index (χ3v) is 3.18. The average molecular weight is 366 g/mol. The molecule has 0 radical (unpaired) electrons. The standard InChI is InChI=1S/C14H8BrNO6/c15-9-4-8-7(6-21-13(19)2-1-12(16)18)3-14(20)22-11(8)5-10(9)17/h3-5,17H,6H2,(H2,16,18). The largest absolute Gasteiger partial charge is 0.507 e. The van der Waals surface area contributed by atoms with E-state index in [0.717, 1.165) is 6.07 Å². The maximum atomic E-state index is 11.5. The summed E-state index contributed by atoms with van der Waals surface area (Å²) in [6.07, 6.45) is 0. The lowest BCUT2D eigenvalue weighted by Gasteiger charge is -2.06. The predicted octanol–water partition coefficient (Wildman–Crippen LogP) is 0.793. The molecule has 1 aromatic carbocycles. The fourth-order valence-corrected chi connectivity index (χ4v) is 1.99. The quantitative estimate of drug-likeness (QED) is 0.351. The molecule has 3 N–H and O–H groups in total. The number of carbonyl (C=O) groups excluding carboxylic acids is 2. The van der Waals surface area contributed by atoms with Crippen molar-refractivity contribution >= 4 is 38.8 Å². The molecule has 0 aliphatic carbocycles.